The van der Waals surface area contributed by atoms with E-state index in [1.54, 1.807) is 23.9 Å². The molecule has 0 saturated carbocycles. The van der Waals surface area contributed by atoms with Crippen LogP contribution in [0.2, 0.25) is 0 Å². The lowest BCUT2D eigenvalue weighted by Crippen LogP contribution is -2.14. The number of sulfone groups is 1. The van der Waals surface area contributed by atoms with Crippen LogP contribution in [0.15, 0.2) is 34.1 Å². The zero-order chi connectivity index (χ0) is 12.7. The Labute approximate surface area is 108 Å². The second-order valence-corrected chi connectivity index (χ2v) is 6.98. The molecule has 0 aliphatic rings. The van der Waals surface area contributed by atoms with E-state index in [1.165, 1.54) is 6.26 Å². The minimum absolute atomic E-state index is 0.384. The highest BCUT2D eigenvalue weighted by atomic mass is 32.2. The summed E-state index contributed by atoms with van der Waals surface area (Å²) in [6.07, 6.45) is 2.35. The summed E-state index contributed by atoms with van der Waals surface area (Å²) in [5, 5.41) is 3.27. The predicted octanol–water partition coefficient (Wildman–Crippen LogP) is 2.18. The van der Waals surface area contributed by atoms with Crippen molar-refractivity contribution in [2.24, 2.45) is 0 Å². The first-order valence-corrected chi connectivity index (χ1v) is 8.55. The Balaban J connectivity index is 2.41. The van der Waals surface area contributed by atoms with Crippen LogP contribution in [0.25, 0.3) is 0 Å². The van der Waals surface area contributed by atoms with Gasteiger partial charge in [-0.1, -0.05) is 6.92 Å². The molecule has 0 radical (unpaired) electrons. The van der Waals surface area contributed by atoms with E-state index in [-0.39, 0.29) is 0 Å². The van der Waals surface area contributed by atoms with Gasteiger partial charge in [-0.2, -0.15) is 0 Å². The molecular weight excluding hydrogens is 254 g/mol. The standard InChI is InChI=1S/C12H19NO2S2/c1-3-13-9-4-10-16-11-5-7-12(8-6-11)17(2,14)15/h5-8,13H,3-4,9-10H2,1-2H3. The van der Waals surface area contributed by atoms with E-state index in [2.05, 4.69) is 12.2 Å². The van der Waals surface area contributed by atoms with Crippen molar-refractivity contribution in [2.75, 3.05) is 25.1 Å². The largest absolute Gasteiger partial charge is 0.317 e. The lowest BCUT2D eigenvalue weighted by atomic mass is 10.4. The maximum absolute atomic E-state index is 11.3. The van der Waals surface area contributed by atoms with Gasteiger partial charge < -0.3 is 5.32 Å². The molecule has 0 heterocycles. The molecule has 5 heteroatoms. The van der Waals surface area contributed by atoms with Crippen molar-refractivity contribution < 1.29 is 8.42 Å². The fraction of sp³-hybridized carbons (Fsp3) is 0.500. The summed E-state index contributed by atoms with van der Waals surface area (Å²) in [7, 11) is -3.07. The van der Waals surface area contributed by atoms with E-state index in [1.807, 2.05) is 12.1 Å². The lowest BCUT2D eigenvalue weighted by Gasteiger charge is -2.03. The highest BCUT2D eigenvalue weighted by Gasteiger charge is 2.05. The van der Waals surface area contributed by atoms with Crippen LogP contribution in [-0.2, 0) is 9.84 Å². The van der Waals surface area contributed by atoms with Crippen molar-refractivity contribution in [1.29, 1.82) is 0 Å². The summed E-state index contributed by atoms with van der Waals surface area (Å²) in [6, 6.07) is 7.08. The van der Waals surface area contributed by atoms with Crippen LogP contribution in [-0.4, -0.2) is 33.5 Å². The van der Waals surface area contributed by atoms with Gasteiger partial charge in [-0.3, -0.25) is 0 Å². The first-order chi connectivity index (χ1) is 8.04. The summed E-state index contributed by atoms with van der Waals surface area (Å²) in [5.41, 5.74) is 0. The molecule has 17 heavy (non-hydrogen) atoms. The van der Waals surface area contributed by atoms with Crippen LogP contribution in [0, 0.1) is 0 Å². The fourth-order valence-corrected chi connectivity index (χ4v) is 2.83. The maximum Gasteiger partial charge on any atom is 0.175 e. The maximum atomic E-state index is 11.3. The molecule has 0 atom stereocenters. The molecule has 0 saturated heterocycles. The second-order valence-electron chi connectivity index (χ2n) is 3.80. The normalized spacial score (nSPS) is 11.6. The van der Waals surface area contributed by atoms with E-state index < -0.39 is 9.84 Å². The SMILES string of the molecule is CCNCCCSc1ccc(S(C)(=O)=O)cc1. The van der Waals surface area contributed by atoms with Crippen LogP contribution in [0.5, 0.6) is 0 Å². The third-order valence-corrected chi connectivity index (χ3v) is 4.50. The summed E-state index contributed by atoms with van der Waals surface area (Å²) in [4.78, 5) is 1.50. The molecule has 0 spiro atoms. The van der Waals surface area contributed by atoms with Crippen LogP contribution in [0.1, 0.15) is 13.3 Å². The quantitative estimate of drug-likeness (QED) is 0.611. The van der Waals surface area contributed by atoms with Gasteiger partial charge in [-0.15, -0.1) is 11.8 Å². The molecule has 0 aliphatic heterocycles. The average molecular weight is 273 g/mol. The molecule has 1 aromatic carbocycles. The number of rotatable bonds is 7. The third-order valence-electron chi connectivity index (χ3n) is 2.27. The van der Waals surface area contributed by atoms with Gasteiger partial charge in [0.05, 0.1) is 4.90 Å². The van der Waals surface area contributed by atoms with Crippen LogP contribution < -0.4 is 5.32 Å². The van der Waals surface area contributed by atoms with Gasteiger partial charge >= 0.3 is 0 Å². The van der Waals surface area contributed by atoms with Crippen LogP contribution in [0.4, 0.5) is 0 Å². The molecule has 0 aromatic heterocycles. The van der Waals surface area contributed by atoms with E-state index >= 15 is 0 Å². The first-order valence-electron chi connectivity index (χ1n) is 5.67. The Morgan fingerprint density at radius 3 is 2.41 bits per heavy atom. The van der Waals surface area contributed by atoms with Gasteiger partial charge in [0, 0.05) is 11.2 Å². The Hall–Kier alpha value is -0.520. The topological polar surface area (TPSA) is 46.2 Å². The average Bonchev–Trinajstić information content (AvgIpc) is 2.28. The molecule has 0 amide bonds. The summed E-state index contributed by atoms with van der Waals surface area (Å²) in [6.45, 7) is 4.13. The molecule has 0 bridgehead atoms. The molecule has 1 aromatic rings. The van der Waals surface area contributed by atoms with Crippen molar-refractivity contribution in [3.8, 4) is 0 Å². The predicted molar refractivity (Wildman–Crippen MR) is 73.4 cm³/mol. The molecule has 0 aliphatic carbocycles. The highest BCUT2D eigenvalue weighted by Crippen LogP contribution is 2.20. The summed E-state index contributed by atoms with van der Waals surface area (Å²) >= 11 is 1.76. The minimum atomic E-state index is -3.07. The molecule has 0 unspecified atom stereocenters. The zero-order valence-electron chi connectivity index (χ0n) is 10.3. The Morgan fingerprint density at radius 2 is 1.88 bits per heavy atom. The Kier molecular flexibility index (Phi) is 6.02. The second kappa shape index (κ2) is 7.03. The van der Waals surface area contributed by atoms with Gasteiger partial charge in [-0.25, -0.2) is 8.42 Å². The minimum Gasteiger partial charge on any atom is -0.317 e. The smallest absolute Gasteiger partial charge is 0.175 e. The molecule has 1 N–H and O–H groups in total. The van der Waals surface area contributed by atoms with E-state index in [4.69, 9.17) is 0 Å². The van der Waals surface area contributed by atoms with Gasteiger partial charge in [0.2, 0.25) is 0 Å². The summed E-state index contributed by atoms with van der Waals surface area (Å²) < 4.78 is 22.5. The molecular formula is C12H19NO2S2. The number of thioether (sulfide) groups is 1. The van der Waals surface area contributed by atoms with Gasteiger partial charge in [0.1, 0.15) is 0 Å². The van der Waals surface area contributed by atoms with E-state index in [9.17, 15) is 8.42 Å². The van der Waals surface area contributed by atoms with Gasteiger partial charge in [0.25, 0.3) is 0 Å². The number of hydrogen-bond acceptors (Lipinski definition) is 4. The molecule has 3 nitrogen and oxygen atoms in total. The summed E-state index contributed by atoms with van der Waals surface area (Å²) in [5.74, 6) is 1.05. The van der Waals surface area contributed by atoms with Crippen molar-refractivity contribution in [1.82, 2.24) is 5.32 Å². The molecule has 0 fully saturated rings. The number of hydrogen-bond donors (Lipinski definition) is 1. The fourth-order valence-electron chi connectivity index (χ4n) is 1.35. The van der Waals surface area contributed by atoms with Gasteiger partial charge in [-0.05, 0) is 49.5 Å². The Morgan fingerprint density at radius 1 is 1.24 bits per heavy atom. The highest BCUT2D eigenvalue weighted by molar-refractivity contribution is 7.99. The van der Waals surface area contributed by atoms with Crippen LogP contribution in [0.3, 0.4) is 0 Å². The number of benzene rings is 1. The first kappa shape index (κ1) is 14.5. The number of nitrogens with one attached hydrogen (secondary N) is 1. The van der Waals surface area contributed by atoms with Crippen molar-refractivity contribution >= 4 is 21.6 Å². The molecule has 96 valence electrons. The van der Waals surface area contributed by atoms with Gasteiger partial charge in [0.15, 0.2) is 9.84 Å². The van der Waals surface area contributed by atoms with Crippen molar-refractivity contribution in [2.45, 2.75) is 23.1 Å². The van der Waals surface area contributed by atoms with Crippen molar-refractivity contribution in [3.63, 3.8) is 0 Å². The van der Waals surface area contributed by atoms with E-state index in [0.717, 1.165) is 30.2 Å². The third kappa shape index (κ3) is 5.57. The molecule has 1 rings (SSSR count). The monoisotopic (exact) mass is 273 g/mol. The lowest BCUT2D eigenvalue weighted by molar-refractivity contribution is 0.602. The zero-order valence-corrected chi connectivity index (χ0v) is 11.9. The van der Waals surface area contributed by atoms with Crippen LogP contribution >= 0.6 is 11.8 Å². The van der Waals surface area contributed by atoms with E-state index in [0.29, 0.717) is 4.90 Å². The Bertz CT molecular complexity index is 426. The van der Waals surface area contributed by atoms with Crippen molar-refractivity contribution in [3.05, 3.63) is 24.3 Å².